The van der Waals surface area contributed by atoms with Crippen molar-refractivity contribution in [2.75, 3.05) is 0 Å². The van der Waals surface area contributed by atoms with E-state index in [1.807, 2.05) is 0 Å². The molecule has 0 aliphatic carbocycles. The molecule has 0 saturated heterocycles. The molecule has 7 aromatic carbocycles. The first-order valence-electron chi connectivity index (χ1n) is 20.9. The molecule has 1 heterocycles. The highest BCUT2D eigenvalue weighted by atomic mass is 16.3. The van der Waals surface area contributed by atoms with E-state index in [0.29, 0.717) is 0 Å². The number of hydrogen-bond acceptors (Lipinski definition) is 1. The van der Waals surface area contributed by atoms with E-state index in [4.69, 9.17) is 4.42 Å². The van der Waals surface area contributed by atoms with E-state index in [2.05, 4.69) is 178 Å². The zero-order valence-electron chi connectivity index (χ0n) is 37.9. The summed E-state index contributed by atoms with van der Waals surface area (Å²) in [7, 11) is 41.8. The van der Waals surface area contributed by atoms with Crippen molar-refractivity contribution >= 4 is 283 Å². The fourth-order valence-corrected chi connectivity index (χ4v) is 10.6. The summed E-state index contributed by atoms with van der Waals surface area (Å²) < 4.78 is 6.92. The van der Waals surface area contributed by atoms with Gasteiger partial charge < -0.3 is 4.42 Å². The molecule has 0 bridgehead atoms. The lowest BCUT2D eigenvalue weighted by Gasteiger charge is -2.30. The highest BCUT2D eigenvalue weighted by Crippen LogP contribution is 2.44. The molecule has 0 amide bonds. The SMILES string of the molecule is Bc1c(B)c(B)c(-c2ccc3c(c2)oc2cccc(-c4c5c(B)c(B)c(B)c(B)c5c(-c5c(B)c(B)c(B)c(B)c5B)c5c(B)c(B)c(B)c(B)c45)c23)c(B)c1B. The standard InChI is InChI=1S/C38H42B18O/c39-21-12(22(40)30(48)37(55)29(21)47)7-4-5-8-11(6-7)57-10-3-1-2-9(13(8)10)14-16-18(25(43)33(51)31(49)23(16)41)15(19-17(14)24(42)32(50)34(52)26(19)44)20-27(45)35(53)38(56)36(54)28(20)46/h1-6H,39-56H2. The van der Waals surface area contributed by atoms with Crippen LogP contribution in [0.4, 0.5) is 0 Å². The summed E-state index contributed by atoms with van der Waals surface area (Å²) in [6.45, 7) is 0. The predicted molar refractivity (Wildman–Crippen MR) is 312 cm³/mol. The van der Waals surface area contributed by atoms with Crippen LogP contribution in [0.15, 0.2) is 40.8 Å². The number of fused-ring (bicyclic) bond motifs is 5. The van der Waals surface area contributed by atoms with Crippen LogP contribution in [0.5, 0.6) is 0 Å². The van der Waals surface area contributed by atoms with Crippen molar-refractivity contribution in [3.8, 4) is 33.4 Å². The normalized spacial score (nSPS) is 11.7. The summed E-state index contributed by atoms with van der Waals surface area (Å²) >= 11 is 0. The van der Waals surface area contributed by atoms with E-state index in [0.717, 1.165) is 11.2 Å². The lowest BCUT2D eigenvalue weighted by Crippen LogP contribution is -2.55. The van der Waals surface area contributed by atoms with Gasteiger partial charge in [-0.1, -0.05) is 61.9 Å². The van der Waals surface area contributed by atoms with E-state index < -0.39 is 0 Å². The van der Waals surface area contributed by atoms with Gasteiger partial charge in [-0.2, -0.15) is 0 Å². The number of furan rings is 1. The molecule has 19 heteroatoms. The van der Waals surface area contributed by atoms with Gasteiger partial charge in [-0.05, 0) is 73.1 Å². The highest BCUT2D eigenvalue weighted by molar-refractivity contribution is 6.74. The third-order valence-electron chi connectivity index (χ3n) is 15.7. The van der Waals surface area contributed by atoms with Crippen LogP contribution in [0.3, 0.4) is 0 Å². The van der Waals surface area contributed by atoms with Gasteiger partial charge in [-0.15, -0.1) is 54.6 Å². The maximum absolute atomic E-state index is 6.92. The first-order chi connectivity index (χ1) is 26.8. The zero-order chi connectivity index (χ0) is 41.4. The second-order valence-corrected chi connectivity index (χ2v) is 17.7. The topological polar surface area (TPSA) is 13.1 Å². The van der Waals surface area contributed by atoms with Crippen LogP contribution < -0.4 is 98.3 Å². The molecular formula is C38H42B18O. The minimum absolute atomic E-state index is 0.933. The van der Waals surface area contributed by atoms with Crippen molar-refractivity contribution in [3.63, 3.8) is 0 Å². The maximum Gasteiger partial charge on any atom is 0.139 e. The Hall–Kier alpha value is -3.97. The monoisotopic (exact) mass is 712 g/mol. The summed E-state index contributed by atoms with van der Waals surface area (Å²) in [5.74, 6) is 0. The molecule has 1 aromatic heterocycles. The van der Waals surface area contributed by atoms with Crippen LogP contribution in [0, 0.1) is 0 Å². The molecule has 0 unspecified atom stereocenters. The number of hydrogen-bond donors (Lipinski definition) is 0. The van der Waals surface area contributed by atoms with Crippen molar-refractivity contribution in [1.29, 1.82) is 0 Å². The smallest absolute Gasteiger partial charge is 0.139 e. The van der Waals surface area contributed by atoms with E-state index in [1.54, 1.807) is 0 Å². The fourth-order valence-electron chi connectivity index (χ4n) is 10.6. The molecule has 0 atom stereocenters. The van der Waals surface area contributed by atoms with E-state index in [-0.39, 0.29) is 0 Å². The van der Waals surface area contributed by atoms with E-state index >= 15 is 0 Å². The molecule has 8 rings (SSSR count). The average molecular weight is 709 g/mol. The summed E-state index contributed by atoms with van der Waals surface area (Å²) in [5.41, 5.74) is 34.6. The van der Waals surface area contributed by atoms with Crippen molar-refractivity contribution < 1.29 is 4.42 Å². The van der Waals surface area contributed by atoms with E-state index in [1.165, 1.54) is 164 Å². The van der Waals surface area contributed by atoms with Crippen LogP contribution in [-0.4, -0.2) is 141 Å². The molecule has 0 N–H and O–H groups in total. The lowest BCUT2D eigenvalue weighted by atomic mass is 9.56. The van der Waals surface area contributed by atoms with Gasteiger partial charge in [0.15, 0.2) is 0 Å². The van der Waals surface area contributed by atoms with Gasteiger partial charge in [0.05, 0.1) is 0 Å². The second-order valence-electron chi connectivity index (χ2n) is 17.7. The first kappa shape index (κ1) is 39.8. The maximum atomic E-state index is 6.92. The Bertz CT molecular complexity index is 3030. The quantitative estimate of drug-likeness (QED) is 0.132. The van der Waals surface area contributed by atoms with Gasteiger partial charge in [0.25, 0.3) is 0 Å². The molecular weight excluding hydrogens is 667 g/mol. The van der Waals surface area contributed by atoms with Crippen LogP contribution in [0.1, 0.15) is 0 Å². The molecule has 1 nitrogen and oxygen atoms in total. The Balaban J connectivity index is 1.61. The Morgan fingerprint density at radius 3 is 1.09 bits per heavy atom. The minimum atomic E-state index is 0.933. The third-order valence-corrected chi connectivity index (χ3v) is 15.7. The Morgan fingerprint density at radius 2 is 0.649 bits per heavy atom. The molecule has 0 radical (unpaired) electrons. The average Bonchev–Trinajstić information content (AvgIpc) is 3.58. The summed E-state index contributed by atoms with van der Waals surface area (Å²) in [5, 5.41) is 7.88. The molecule has 0 aliphatic heterocycles. The first-order valence-corrected chi connectivity index (χ1v) is 20.9. The Labute approximate surface area is 355 Å². The fraction of sp³-hybridized carbons (Fsp3) is 0. The van der Waals surface area contributed by atoms with Crippen molar-refractivity contribution in [2.24, 2.45) is 0 Å². The van der Waals surface area contributed by atoms with E-state index in [9.17, 15) is 0 Å². The third kappa shape index (κ3) is 5.42. The molecule has 57 heavy (non-hydrogen) atoms. The molecule has 8 aromatic rings. The van der Waals surface area contributed by atoms with Crippen molar-refractivity contribution in [2.45, 2.75) is 0 Å². The predicted octanol–water partition coefficient (Wildman–Crippen LogP) is -20.5. The van der Waals surface area contributed by atoms with Gasteiger partial charge in [-0.25, -0.2) is 0 Å². The minimum Gasteiger partial charge on any atom is -0.456 e. The van der Waals surface area contributed by atoms with Crippen LogP contribution in [0.25, 0.3) is 76.9 Å². The van der Waals surface area contributed by atoms with Crippen molar-refractivity contribution in [3.05, 3.63) is 36.4 Å². The summed E-state index contributed by atoms with van der Waals surface area (Å²) in [6.07, 6.45) is 0. The number of benzene rings is 7. The van der Waals surface area contributed by atoms with Crippen molar-refractivity contribution in [1.82, 2.24) is 0 Å². The number of rotatable bonds is 3. The van der Waals surface area contributed by atoms with Gasteiger partial charge in [-0.3, -0.25) is 0 Å². The van der Waals surface area contributed by atoms with Gasteiger partial charge >= 0.3 is 0 Å². The van der Waals surface area contributed by atoms with Crippen LogP contribution >= 0.6 is 0 Å². The summed E-state index contributed by atoms with van der Waals surface area (Å²) in [4.78, 5) is 0. The molecule has 0 fully saturated rings. The largest absolute Gasteiger partial charge is 0.456 e. The van der Waals surface area contributed by atoms with Crippen LogP contribution in [-0.2, 0) is 0 Å². The van der Waals surface area contributed by atoms with Gasteiger partial charge in [0.2, 0.25) is 0 Å². The van der Waals surface area contributed by atoms with Crippen LogP contribution in [0.2, 0.25) is 0 Å². The molecule has 0 spiro atoms. The highest BCUT2D eigenvalue weighted by Gasteiger charge is 2.28. The van der Waals surface area contributed by atoms with Gasteiger partial charge in [0.1, 0.15) is 152 Å². The Morgan fingerprint density at radius 1 is 0.281 bits per heavy atom. The lowest BCUT2D eigenvalue weighted by molar-refractivity contribution is 0.669. The Kier molecular flexibility index (Phi) is 9.66. The zero-order valence-corrected chi connectivity index (χ0v) is 37.9. The summed E-state index contributed by atoms with van der Waals surface area (Å²) in [6, 6.07) is 13.7. The molecule has 254 valence electrons. The van der Waals surface area contributed by atoms with Gasteiger partial charge in [0, 0.05) is 10.8 Å². The molecule has 0 saturated carbocycles. The molecule has 0 aliphatic rings. The second kappa shape index (κ2) is 13.8.